The van der Waals surface area contributed by atoms with E-state index in [0.29, 0.717) is 13.1 Å². The number of guanidine groups is 1. The van der Waals surface area contributed by atoms with E-state index in [2.05, 4.69) is 38.5 Å². The lowest BCUT2D eigenvalue weighted by atomic mass is 9.81. The standard InChI is InChI=1S/C23H38N6O/c1-17-6-3-7-18(14-17)10-12-27-23(25-2)28-15-19-8-4-11-26-22(19)29-13-5-9-20(16-29)21(24)30/h4,8,11,17-18,20H,3,5-7,9-10,12-16H2,1-2H3,(H2,24,30)(H2,25,27,28). The summed E-state index contributed by atoms with van der Waals surface area (Å²) in [5.41, 5.74) is 6.65. The molecule has 30 heavy (non-hydrogen) atoms. The van der Waals surface area contributed by atoms with E-state index in [1.165, 1.54) is 32.1 Å². The number of carbonyl (C=O) groups excluding carboxylic acids is 1. The smallest absolute Gasteiger partial charge is 0.222 e. The van der Waals surface area contributed by atoms with E-state index in [0.717, 1.165) is 55.1 Å². The second kappa shape index (κ2) is 11.2. The molecule has 3 unspecified atom stereocenters. The maximum absolute atomic E-state index is 11.6. The van der Waals surface area contributed by atoms with Gasteiger partial charge >= 0.3 is 0 Å². The van der Waals surface area contributed by atoms with Crippen LogP contribution < -0.4 is 21.3 Å². The maximum atomic E-state index is 11.6. The second-order valence-corrected chi connectivity index (χ2v) is 8.95. The van der Waals surface area contributed by atoms with Crippen molar-refractivity contribution in [3.05, 3.63) is 23.9 Å². The molecule has 166 valence electrons. The first-order chi connectivity index (χ1) is 14.6. The van der Waals surface area contributed by atoms with Crippen molar-refractivity contribution in [2.45, 2.75) is 58.4 Å². The Kier molecular flexibility index (Phi) is 8.34. The number of nitrogens with two attached hydrogens (primary N) is 1. The Bertz CT molecular complexity index is 721. The summed E-state index contributed by atoms with van der Waals surface area (Å²) in [6.45, 7) is 5.51. The monoisotopic (exact) mass is 414 g/mol. The van der Waals surface area contributed by atoms with Crippen molar-refractivity contribution >= 4 is 17.7 Å². The van der Waals surface area contributed by atoms with E-state index in [9.17, 15) is 4.79 Å². The minimum Gasteiger partial charge on any atom is -0.369 e. The zero-order valence-corrected chi connectivity index (χ0v) is 18.6. The molecule has 1 saturated heterocycles. The van der Waals surface area contributed by atoms with Crippen molar-refractivity contribution in [3.63, 3.8) is 0 Å². The second-order valence-electron chi connectivity index (χ2n) is 8.95. The minimum atomic E-state index is -0.215. The summed E-state index contributed by atoms with van der Waals surface area (Å²) in [5, 5.41) is 6.89. The van der Waals surface area contributed by atoms with Gasteiger partial charge in [0.1, 0.15) is 5.82 Å². The van der Waals surface area contributed by atoms with Crippen LogP contribution in [0.2, 0.25) is 0 Å². The number of anilines is 1. The molecule has 1 aromatic rings. The number of pyridine rings is 1. The number of aromatic nitrogens is 1. The van der Waals surface area contributed by atoms with Crippen LogP contribution in [0.15, 0.2) is 23.3 Å². The topological polar surface area (TPSA) is 95.6 Å². The van der Waals surface area contributed by atoms with Crippen LogP contribution in [-0.2, 0) is 11.3 Å². The summed E-state index contributed by atoms with van der Waals surface area (Å²) < 4.78 is 0. The molecule has 3 rings (SSSR count). The number of nitrogens with one attached hydrogen (secondary N) is 2. The molecule has 2 fully saturated rings. The molecule has 7 heteroatoms. The molecule has 2 heterocycles. The Balaban J connectivity index is 1.51. The van der Waals surface area contributed by atoms with Crippen LogP contribution in [0.1, 0.15) is 57.4 Å². The molecule has 3 atom stereocenters. The van der Waals surface area contributed by atoms with Gasteiger partial charge in [0.05, 0.1) is 5.92 Å². The maximum Gasteiger partial charge on any atom is 0.222 e. The average Bonchev–Trinajstić information content (AvgIpc) is 2.76. The molecule has 0 bridgehead atoms. The highest BCUT2D eigenvalue weighted by atomic mass is 16.1. The van der Waals surface area contributed by atoms with Gasteiger partial charge in [0.15, 0.2) is 5.96 Å². The van der Waals surface area contributed by atoms with Gasteiger partial charge in [0, 0.05) is 45.0 Å². The zero-order chi connectivity index (χ0) is 21.3. The van der Waals surface area contributed by atoms with Gasteiger partial charge in [-0.05, 0) is 43.6 Å². The predicted molar refractivity (Wildman–Crippen MR) is 122 cm³/mol. The van der Waals surface area contributed by atoms with Gasteiger partial charge in [-0.25, -0.2) is 4.98 Å². The zero-order valence-electron chi connectivity index (χ0n) is 18.6. The minimum absolute atomic E-state index is 0.0986. The van der Waals surface area contributed by atoms with Gasteiger partial charge in [0.2, 0.25) is 5.91 Å². The van der Waals surface area contributed by atoms with E-state index >= 15 is 0 Å². The molecule has 1 aliphatic heterocycles. The van der Waals surface area contributed by atoms with Gasteiger partial charge in [-0.1, -0.05) is 32.3 Å². The number of hydrogen-bond acceptors (Lipinski definition) is 4. The normalized spacial score (nSPS) is 25.1. The Morgan fingerprint density at radius 2 is 2.17 bits per heavy atom. The molecule has 0 radical (unpaired) electrons. The van der Waals surface area contributed by atoms with Gasteiger partial charge in [-0.2, -0.15) is 0 Å². The lowest BCUT2D eigenvalue weighted by molar-refractivity contribution is -0.122. The van der Waals surface area contributed by atoms with Crippen LogP contribution in [0.5, 0.6) is 0 Å². The van der Waals surface area contributed by atoms with E-state index in [1.54, 1.807) is 0 Å². The first-order valence-electron chi connectivity index (χ1n) is 11.5. The fourth-order valence-corrected chi connectivity index (χ4v) is 4.87. The van der Waals surface area contributed by atoms with Crippen LogP contribution in [0, 0.1) is 17.8 Å². The molecule has 1 amide bonds. The van der Waals surface area contributed by atoms with Gasteiger partial charge in [-0.15, -0.1) is 0 Å². The summed E-state index contributed by atoms with van der Waals surface area (Å²) in [6, 6.07) is 4.04. The molecule has 0 spiro atoms. The summed E-state index contributed by atoms with van der Waals surface area (Å²) in [6.07, 6.45) is 10.3. The Morgan fingerprint density at radius 1 is 1.30 bits per heavy atom. The van der Waals surface area contributed by atoms with Crippen LogP contribution in [0.3, 0.4) is 0 Å². The molecule has 4 N–H and O–H groups in total. The highest BCUT2D eigenvalue weighted by Gasteiger charge is 2.26. The third-order valence-corrected chi connectivity index (χ3v) is 6.55. The molecular weight excluding hydrogens is 376 g/mol. The highest BCUT2D eigenvalue weighted by Crippen LogP contribution is 2.30. The number of aliphatic imine (C=N–C) groups is 1. The summed E-state index contributed by atoms with van der Waals surface area (Å²) in [4.78, 5) is 22.8. The molecule has 2 aliphatic rings. The van der Waals surface area contributed by atoms with Gasteiger partial charge < -0.3 is 21.3 Å². The fraction of sp³-hybridized carbons (Fsp3) is 0.696. The largest absolute Gasteiger partial charge is 0.369 e. The Morgan fingerprint density at radius 3 is 2.93 bits per heavy atom. The van der Waals surface area contributed by atoms with Gasteiger partial charge in [-0.3, -0.25) is 9.79 Å². The van der Waals surface area contributed by atoms with E-state index in [4.69, 9.17) is 5.73 Å². The summed E-state index contributed by atoms with van der Waals surface area (Å²) in [7, 11) is 1.81. The fourth-order valence-electron chi connectivity index (χ4n) is 4.87. The van der Waals surface area contributed by atoms with Crippen molar-refractivity contribution in [2.24, 2.45) is 28.5 Å². The average molecular weight is 415 g/mol. The molecule has 1 aliphatic carbocycles. The third kappa shape index (κ3) is 6.34. The highest BCUT2D eigenvalue weighted by molar-refractivity contribution is 5.80. The molecule has 1 saturated carbocycles. The first-order valence-corrected chi connectivity index (χ1v) is 11.5. The first kappa shape index (κ1) is 22.4. The molecule has 1 aromatic heterocycles. The molecular formula is C23H38N6O. The quantitative estimate of drug-likeness (QED) is 0.471. The number of carbonyl (C=O) groups is 1. The third-order valence-electron chi connectivity index (χ3n) is 6.55. The van der Waals surface area contributed by atoms with Crippen LogP contribution in [-0.4, -0.2) is 43.5 Å². The lowest BCUT2D eigenvalue weighted by Gasteiger charge is -2.33. The van der Waals surface area contributed by atoms with Crippen LogP contribution in [0.25, 0.3) is 0 Å². The SMILES string of the molecule is CN=C(NCCC1CCCC(C)C1)NCc1cccnc1N1CCCC(C(N)=O)C1. The molecule has 7 nitrogen and oxygen atoms in total. The predicted octanol–water partition coefficient (Wildman–Crippen LogP) is 2.66. The number of hydrogen-bond donors (Lipinski definition) is 3. The number of primary amides is 1. The van der Waals surface area contributed by atoms with E-state index in [1.807, 2.05) is 19.3 Å². The van der Waals surface area contributed by atoms with E-state index < -0.39 is 0 Å². The van der Waals surface area contributed by atoms with E-state index in [-0.39, 0.29) is 11.8 Å². The molecule has 0 aromatic carbocycles. The van der Waals surface area contributed by atoms with Crippen LogP contribution in [0.4, 0.5) is 5.82 Å². The van der Waals surface area contributed by atoms with Crippen molar-refractivity contribution in [3.8, 4) is 0 Å². The number of nitrogens with zero attached hydrogens (tertiary/aromatic N) is 3. The summed E-state index contributed by atoms with van der Waals surface area (Å²) >= 11 is 0. The number of piperidine rings is 1. The van der Waals surface area contributed by atoms with Crippen LogP contribution >= 0.6 is 0 Å². The lowest BCUT2D eigenvalue weighted by Crippen LogP contribution is -2.42. The number of rotatable bonds is 7. The summed E-state index contributed by atoms with van der Waals surface area (Å²) in [5.74, 6) is 3.14. The van der Waals surface area contributed by atoms with Crippen molar-refractivity contribution < 1.29 is 4.79 Å². The van der Waals surface area contributed by atoms with Crippen molar-refractivity contribution in [2.75, 3.05) is 31.6 Å². The Labute approximate surface area is 180 Å². The van der Waals surface area contributed by atoms with Gasteiger partial charge in [0.25, 0.3) is 0 Å². The number of amides is 1. The Hall–Kier alpha value is -2.31. The van der Waals surface area contributed by atoms with Crippen molar-refractivity contribution in [1.29, 1.82) is 0 Å². The van der Waals surface area contributed by atoms with Crippen molar-refractivity contribution in [1.82, 2.24) is 15.6 Å².